The third-order valence-corrected chi connectivity index (χ3v) is 6.95. The molecule has 1 aromatic heterocycles. The SMILES string of the molecule is O=C(NCc1ccc(Oc2ccc(F)cc2)nc1)C1CC2CCCCC2N1C(=O)c1ccccc1. The lowest BCUT2D eigenvalue weighted by Gasteiger charge is -2.33. The summed E-state index contributed by atoms with van der Waals surface area (Å²) in [5.74, 6) is 0.718. The van der Waals surface area contributed by atoms with E-state index in [1.165, 1.54) is 24.3 Å². The molecule has 2 aromatic carbocycles. The average Bonchev–Trinajstić information content (AvgIpc) is 3.29. The zero-order valence-corrected chi connectivity index (χ0v) is 19.4. The fourth-order valence-corrected chi connectivity index (χ4v) is 5.22. The van der Waals surface area contributed by atoms with Gasteiger partial charge in [-0.3, -0.25) is 9.59 Å². The molecule has 0 radical (unpaired) electrons. The Morgan fingerprint density at radius 3 is 2.51 bits per heavy atom. The Morgan fingerprint density at radius 1 is 1.00 bits per heavy atom. The maximum absolute atomic E-state index is 13.4. The first-order chi connectivity index (χ1) is 17.1. The standard InChI is InChI=1S/C28H28FN3O3/c29-22-11-13-23(14-12-22)35-26-15-10-19(17-30-26)18-31-27(33)25-16-21-8-4-5-9-24(21)32(25)28(34)20-6-2-1-3-7-20/h1-3,6-7,10-15,17,21,24-25H,4-5,8-9,16,18H2,(H,31,33). The highest BCUT2D eigenvalue weighted by Gasteiger charge is 2.47. The summed E-state index contributed by atoms with van der Waals surface area (Å²) in [6.45, 7) is 0.307. The van der Waals surface area contributed by atoms with Crippen LogP contribution in [0.25, 0.3) is 0 Å². The predicted octanol–water partition coefficient (Wildman–Crippen LogP) is 5.10. The van der Waals surface area contributed by atoms with Crippen LogP contribution in [0.1, 0.15) is 48.0 Å². The van der Waals surface area contributed by atoms with Gasteiger partial charge in [0.25, 0.3) is 5.91 Å². The van der Waals surface area contributed by atoms with E-state index in [4.69, 9.17) is 4.74 Å². The van der Waals surface area contributed by atoms with E-state index < -0.39 is 6.04 Å². The number of likely N-dealkylation sites (tertiary alicyclic amines) is 1. The molecule has 180 valence electrons. The first-order valence-electron chi connectivity index (χ1n) is 12.1. The Balaban J connectivity index is 1.24. The Kier molecular flexibility index (Phi) is 6.75. The summed E-state index contributed by atoms with van der Waals surface area (Å²) in [5, 5.41) is 3.01. The summed E-state index contributed by atoms with van der Waals surface area (Å²) < 4.78 is 18.7. The van der Waals surface area contributed by atoms with Gasteiger partial charge in [0.1, 0.15) is 17.6 Å². The highest BCUT2D eigenvalue weighted by molar-refractivity contribution is 5.98. The third-order valence-electron chi connectivity index (χ3n) is 6.95. The molecule has 6 nitrogen and oxygen atoms in total. The van der Waals surface area contributed by atoms with Gasteiger partial charge in [0.2, 0.25) is 11.8 Å². The van der Waals surface area contributed by atoms with Crippen molar-refractivity contribution in [3.63, 3.8) is 0 Å². The topological polar surface area (TPSA) is 71.5 Å². The average molecular weight is 474 g/mol. The van der Waals surface area contributed by atoms with Crippen LogP contribution in [0.3, 0.4) is 0 Å². The van der Waals surface area contributed by atoms with Crippen LogP contribution >= 0.6 is 0 Å². The van der Waals surface area contributed by atoms with Crippen molar-refractivity contribution in [1.29, 1.82) is 0 Å². The predicted molar refractivity (Wildman–Crippen MR) is 129 cm³/mol. The number of carbonyl (C=O) groups excluding carboxylic acids is 2. The Morgan fingerprint density at radius 2 is 1.77 bits per heavy atom. The van der Waals surface area contributed by atoms with Crippen molar-refractivity contribution in [2.45, 2.75) is 50.7 Å². The van der Waals surface area contributed by atoms with Gasteiger partial charge in [0, 0.05) is 30.4 Å². The molecule has 35 heavy (non-hydrogen) atoms. The number of hydrogen-bond acceptors (Lipinski definition) is 4. The van der Waals surface area contributed by atoms with Gasteiger partial charge in [-0.1, -0.05) is 37.1 Å². The quantitative estimate of drug-likeness (QED) is 0.541. The van der Waals surface area contributed by atoms with Crippen molar-refractivity contribution in [2.24, 2.45) is 5.92 Å². The second-order valence-corrected chi connectivity index (χ2v) is 9.22. The molecule has 1 N–H and O–H groups in total. The molecule has 5 rings (SSSR count). The first-order valence-corrected chi connectivity index (χ1v) is 12.1. The van der Waals surface area contributed by atoms with Crippen molar-refractivity contribution in [3.8, 4) is 11.6 Å². The number of ether oxygens (including phenoxy) is 1. The lowest BCUT2D eigenvalue weighted by molar-refractivity contribution is -0.125. The highest BCUT2D eigenvalue weighted by Crippen LogP contribution is 2.40. The van der Waals surface area contributed by atoms with E-state index in [0.717, 1.165) is 31.2 Å². The lowest BCUT2D eigenvalue weighted by atomic mass is 9.84. The van der Waals surface area contributed by atoms with Gasteiger partial charge in [-0.05, 0) is 67.1 Å². The molecule has 3 atom stereocenters. The molecule has 2 aliphatic rings. The van der Waals surface area contributed by atoms with Crippen molar-refractivity contribution >= 4 is 11.8 Å². The van der Waals surface area contributed by atoms with Crippen LogP contribution in [-0.2, 0) is 11.3 Å². The molecular formula is C28H28FN3O3. The van der Waals surface area contributed by atoms with E-state index in [9.17, 15) is 14.0 Å². The molecule has 3 unspecified atom stereocenters. The molecule has 7 heteroatoms. The number of amides is 2. The van der Waals surface area contributed by atoms with Gasteiger partial charge in [-0.25, -0.2) is 9.37 Å². The number of carbonyl (C=O) groups is 2. The van der Waals surface area contributed by atoms with Gasteiger partial charge in [0.05, 0.1) is 0 Å². The monoisotopic (exact) mass is 473 g/mol. The Hall–Kier alpha value is -3.74. The number of aromatic nitrogens is 1. The Bertz CT molecular complexity index is 1170. The minimum absolute atomic E-state index is 0.0656. The van der Waals surface area contributed by atoms with E-state index >= 15 is 0 Å². The maximum atomic E-state index is 13.4. The normalized spacial score (nSPS) is 21.3. The van der Waals surface area contributed by atoms with Crippen LogP contribution in [0.5, 0.6) is 11.6 Å². The van der Waals surface area contributed by atoms with E-state index in [0.29, 0.717) is 36.1 Å². The summed E-state index contributed by atoms with van der Waals surface area (Å²) in [7, 11) is 0. The summed E-state index contributed by atoms with van der Waals surface area (Å²) in [5.41, 5.74) is 1.44. The number of rotatable bonds is 6. The summed E-state index contributed by atoms with van der Waals surface area (Å²) in [4.78, 5) is 32.8. The van der Waals surface area contributed by atoms with E-state index in [1.807, 2.05) is 41.3 Å². The molecule has 2 heterocycles. The summed E-state index contributed by atoms with van der Waals surface area (Å²) >= 11 is 0. The van der Waals surface area contributed by atoms with Crippen LogP contribution in [0.2, 0.25) is 0 Å². The molecule has 1 saturated heterocycles. The number of halogens is 1. The molecule has 1 saturated carbocycles. The van der Waals surface area contributed by atoms with E-state index in [1.54, 1.807) is 12.3 Å². The molecule has 2 amide bonds. The molecule has 1 aliphatic carbocycles. The third kappa shape index (κ3) is 5.19. The summed E-state index contributed by atoms with van der Waals surface area (Å²) in [6, 6.07) is 18.1. The Labute approximate surface area is 204 Å². The zero-order chi connectivity index (χ0) is 24.2. The van der Waals surface area contributed by atoms with Crippen molar-refractivity contribution in [2.75, 3.05) is 0 Å². The number of fused-ring (bicyclic) bond motifs is 1. The fourth-order valence-electron chi connectivity index (χ4n) is 5.22. The van der Waals surface area contributed by atoms with Crippen LogP contribution in [0.15, 0.2) is 72.9 Å². The second-order valence-electron chi connectivity index (χ2n) is 9.22. The molecule has 2 fully saturated rings. The number of nitrogens with zero attached hydrogens (tertiary/aromatic N) is 2. The zero-order valence-electron chi connectivity index (χ0n) is 19.4. The maximum Gasteiger partial charge on any atom is 0.254 e. The minimum Gasteiger partial charge on any atom is -0.439 e. The minimum atomic E-state index is -0.468. The second kappa shape index (κ2) is 10.3. The van der Waals surface area contributed by atoms with Gasteiger partial charge >= 0.3 is 0 Å². The molecule has 1 aliphatic heterocycles. The van der Waals surface area contributed by atoms with Crippen LogP contribution in [0.4, 0.5) is 4.39 Å². The molecule has 0 bridgehead atoms. The van der Waals surface area contributed by atoms with Gasteiger partial charge in [0.15, 0.2) is 0 Å². The van der Waals surface area contributed by atoms with Gasteiger partial charge in [-0.2, -0.15) is 0 Å². The lowest BCUT2D eigenvalue weighted by Crippen LogP contribution is -2.49. The van der Waals surface area contributed by atoms with Crippen LogP contribution < -0.4 is 10.1 Å². The van der Waals surface area contributed by atoms with Crippen LogP contribution in [0, 0.1) is 11.7 Å². The van der Waals surface area contributed by atoms with E-state index in [2.05, 4.69) is 10.3 Å². The number of pyridine rings is 1. The molecule has 0 spiro atoms. The van der Waals surface area contributed by atoms with Gasteiger partial charge in [-0.15, -0.1) is 0 Å². The van der Waals surface area contributed by atoms with Crippen molar-refractivity contribution < 1.29 is 18.7 Å². The molecule has 3 aromatic rings. The largest absolute Gasteiger partial charge is 0.439 e. The van der Waals surface area contributed by atoms with Crippen molar-refractivity contribution in [3.05, 3.63) is 89.9 Å². The van der Waals surface area contributed by atoms with Gasteiger partial charge < -0.3 is 15.0 Å². The number of benzene rings is 2. The smallest absolute Gasteiger partial charge is 0.254 e. The summed E-state index contributed by atoms with van der Waals surface area (Å²) in [6.07, 6.45) is 6.60. The molecular weight excluding hydrogens is 445 g/mol. The fraction of sp³-hybridized carbons (Fsp3) is 0.321. The number of nitrogens with one attached hydrogen (secondary N) is 1. The van der Waals surface area contributed by atoms with Crippen LogP contribution in [-0.4, -0.2) is 33.8 Å². The first kappa shape index (κ1) is 23.0. The van der Waals surface area contributed by atoms with Crippen molar-refractivity contribution in [1.82, 2.24) is 15.2 Å². The van der Waals surface area contributed by atoms with E-state index in [-0.39, 0.29) is 23.7 Å². The highest BCUT2D eigenvalue weighted by atomic mass is 19.1. The number of hydrogen-bond donors (Lipinski definition) is 1.